The molecule has 1 nitrogen and oxygen atoms in total. The van der Waals surface area contributed by atoms with Crippen LogP contribution in [0.4, 0.5) is 4.39 Å². The van der Waals surface area contributed by atoms with Gasteiger partial charge in [0.1, 0.15) is 0 Å². The van der Waals surface area contributed by atoms with E-state index < -0.39 is 0 Å². The van der Waals surface area contributed by atoms with Crippen LogP contribution in [-0.4, -0.2) is 6.67 Å². The van der Waals surface area contributed by atoms with E-state index in [-0.39, 0.29) is 25.1 Å². The van der Waals surface area contributed by atoms with Gasteiger partial charge in [-0.25, -0.2) is 0 Å². The van der Waals surface area contributed by atoms with Crippen LogP contribution < -0.4 is 5.73 Å². The molecule has 4 heteroatoms. The summed E-state index contributed by atoms with van der Waals surface area (Å²) in [6.45, 7) is 1.67. The Morgan fingerprint density at radius 2 is 2.33 bits per heavy atom. The summed E-state index contributed by atoms with van der Waals surface area (Å²) in [6.07, 6.45) is 0.432. The van der Waals surface area contributed by atoms with Gasteiger partial charge in [0, 0.05) is 10.9 Å². The van der Waals surface area contributed by atoms with Gasteiger partial charge in [-0.3, -0.25) is 4.39 Å². The van der Waals surface area contributed by atoms with Crippen LogP contribution in [0, 0.1) is 6.92 Å². The molecule has 1 rings (SSSR count). The monoisotopic (exact) mass is 209 g/mol. The highest BCUT2D eigenvalue weighted by molar-refractivity contribution is 7.10. The third-order valence-corrected chi connectivity index (χ3v) is 2.81. The summed E-state index contributed by atoms with van der Waals surface area (Å²) in [6, 6.07) is 1.90. The van der Waals surface area contributed by atoms with E-state index in [2.05, 4.69) is 0 Å². The maximum absolute atomic E-state index is 11.9. The van der Waals surface area contributed by atoms with Crippen molar-refractivity contribution in [2.75, 3.05) is 6.67 Å². The van der Waals surface area contributed by atoms with Crippen molar-refractivity contribution in [3.05, 3.63) is 21.9 Å². The zero-order valence-electron chi connectivity index (χ0n) is 6.92. The Labute approximate surface area is 82.2 Å². The van der Waals surface area contributed by atoms with E-state index >= 15 is 0 Å². The zero-order chi connectivity index (χ0) is 8.27. The number of hydrogen-bond acceptors (Lipinski definition) is 2. The quantitative estimate of drug-likeness (QED) is 0.814. The first-order valence-corrected chi connectivity index (χ1v) is 4.49. The van der Waals surface area contributed by atoms with Crippen molar-refractivity contribution in [3.8, 4) is 0 Å². The molecule has 1 heterocycles. The molecular formula is C8H13ClFNS. The molecule has 2 N–H and O–H groups in total. The van der Waals surface area contributed by atoms with Crippen molar-refractivity contribution in [2.45, 2.75) is 19.4 Å². The van der Waals surface area contributed by atoms with E-state index in [9.17, 15) is 4.39 Å². The fourth-order valence-electron chi connectivity index (χ4n) is 1.01. The van der Waals surface area contributed by atoms with E-state index in [1.54, 1.807) is 11.3 Å². The fraction of sp³-hybridized carbons (Fsp3) is 0.500. The van der Waals surface area contributed by atoms with Crippen LogP contribution in [0.2, 0.25) is 0 Å². The molecule has 1 aromatic heterocycles. The zero-order valence-corrected chi connectivity index (χ0v) is 8.55. The molecule has 70 valence electrons. The molecule has 0 fully saturated rings. The lowest BCUT2D eigenvalue weighted by molar-refractivity contribution is 0.443. The maximum atomic E-state index is 11.9. The lowest BCUT2D eigenvalue weighted by Crippen LogP contribution is -2.10. The van der Waals surface area contributed by atoms with E-state index in [4.69, 9.17) is 5.73 Å². The second-order valence-electron chi connectivity index (χ2n) is 2.55. The number of alkyl halides is 1. The van der Waals surface area contributed by atoms with Crippen LogP contribution in [0.1, 0.15) is 22.9 Å². The van der Waals surface area contributed by atoms with Gasteiger partial charge in [-0.05, 0) is 30.4 Å². The van der Waals surface area contributed by atoms with Crippen LogP contribution in [0.25, 0.3) is 0 Å². The van der Waals surface area contributed by atoms with Crippen LogP contribution in [-0.2, 0) is 0 Å². The highest BCUT2D eigenvalue weighted by atomic mass is 35.5. The molecular weight excluding hydrogens is 197 g/mol. The second kappa shape index (κ2) is 5.51. The number of aryl methyl sites for hydroxylation is 1. The average Bonchev–Trinajstić information content (AvgIpc) is 2.36. The fourth-order valence-corrected chi connectivity index (χ4v) is 1.98. The summed E-state index contributed by atoms with van der Waals surface area (Å²) in [5, 5.41) is 1.99. The number of halogens is 2. The molecule has 0 aliphatic heterocycles. The van der Waals surface area contributed by atoms with E-state index in [0.717, 1.165) is 4.88 Å². The van der Waals surface area contributed by atoms with Crippen molar-refractivity contribution in [2.24, 2.45) is 5.73 Å². The van der Waals surface area contributed by atoms with Gasteiger partial charge in [0.25, 0.3) is 0 Å². The third-order valence-electron chi connectivity index (χ3n) is 1.66. The lowest BCUT2D eigenvalue weighted by atomic mass is 10.1. The number of rotatable bonds is 3. The Morgan fingerprint density at radius 3 is 2.75 bits per heavy atom. The molecule has 0 saturated carbocycles. The minimum atomic E-state index is -0.335. The molecule has 0 amide bonds. The molecule has 1 atom stereocenters. The Morgan fingerprint density at radius 1 is 1.67 bits per heavy atom. The summed E-state index contributed by atoms with van der Waals surface area (Å²) in [5.74, 6) is 0. The van der Waals surface area contributed by atoms with Gasteiger partial charge in [-0.15, -0.1) is 23.7 Å². The first kappa shape index (κ1) is 11.9. The molecule has 0 bridgehead atoms. The summed E-state index contributed by atoms with van der Waals surface area (Å²) in [4.78, 5) is 1.11. The number of nitrogens with two attached hydrogens (primary N) is 1. The highest BCUT2D eigenvalue weighted by Crippen LogP contribution is 2.23. The third kappa shape index (κ3) is 2.73. The van der Waals surface area contributed by atoms with Crippen LogP contribution in [0.3, 0.4) is 0 Å². The lowest BCUT2D eigenvalue weighted by Gasteiger charge is -2.07. The minimum absolute atomic E-state index is 0. The standard InChI is InChI=1S/C8H12FNS.ClH/c1-6-3-5-11-8(6)7(10)2-4-9;/h3,5,7H,2,4,10H2,1H3;1H/t7-;/m0./s1. The Kier molecular flexibility index (Phi) is 5.46. The van der Waals surface area contributed by atoms with Crippen LogP contribution >= 0.6 is 23.7 Å². The molecule has 0 saturated heterocycles. The molecule has 0 unspecified atom stereocenters. The number of thiophene rings is 1. The molecule has 0 spiro atoms. The van der Waals surface area contributed by atoms with E-state index in [1.165, 1.54) is 5.56 Å². The normalized spacial score (nSPS) is 12.2. The summed E-state index contributed by atoms with van der Waals surface area (Å²) in [7, 11) is 0. The average molecular weight is 210 g/mol. The Balaban J connectivity index is 0.00000121. The van der Waals surface area contributed by atoms with Crippen molar-refractivity contribution in [3.63, 3.8) is 0 Å². The van der Waals surface area contributed by atoms with Gasteiger partial charge in [0.05, 0.1) is 6.67 Å². The van der Waals surface area contributed by atoms with Gasteiger partial charge < -0.3 is 5.73 Å². The van der Waals surface area contributed by atoms with Crippen molar-refractivity contribution in [1.29, 1.82) is 0 Å². The van der Waals surface area contributed by atoms with Crippen LogP contribution in [0.15, 0.2) is 11.4 Å². The predicted molar refractivity (Wildman–Crippen MR) is 53.8 cm³/mol. The summed E-state index contributed by atoms with van der Waals surface area (Å²) in [5.41, 5.74) is 6.90. The van der Waals surface area contributed by atoms with Crippen molar-refractivity contribution >= 4 is 23.7 Å². The molecule has 0 radical (unpaired) electrons. The number of hydrogen-bond donors (Lipinski definition) is 1. The Hall–Kier alpha value is -0.120. The summed E-state index contributed by atoms with van der Waals surface area (Å²) < 4.78 is 11.9. The largest absolute Gasteiger partial charge is 0.323 e. The first-order valence-electron chi connectivity index (χ1n) is 3.61. The van der Waals surface area contributed by atoms with Crippen LogP contribution in [0.5, 0.6) is 0 Å². The minimum Gasteiger partial charge on any atom is -0.323 e. The van der Waals surface area contributed by atoms with Gasteiger partial charge in [0.15, 0.2) is 0 Å². The van der Waals surface area contributed by atoms with Gasteiger partial charge in [0.2, 0.25) is 0 Å². The molecule has 0 aromatic carbocycles. The van der Waals surface area contributed by atoms with E-state index in [0.29, 0.717) is 6.42 Å². The predicted octanol–water partition coefficient (Wildman–Crippen LogP) is 2.84. The van der Waals surface area contributed by atoms with Crippen molar-refractivity contribution < 1.29 is 4.39 Å². The Bertz CT molecular complexity index is 227. The van der Waals surface area contributed by atoms with Gasteiger partial charge in [-0.1, -0.05) is 0 Å². The van der Waals surface area contributed by atoms with Gasteiger partial charge >= 0.3 is 0 Å². The molecule has 1 aromatic rings. The highest BCUT2D eigenvalue weighted by Gasteiger charge is 2.08. The van der Waals surface area contributed by atoms with Gasteiger partial charge in [-0.2, -0.15) is 0 Å². The smallest absolute Gasteiger partial charge is 0.0912 e. The van der Waals surface area contributed by atoms with Crippen molar-refractivity contribution in [1.82, 2.24) is 0 Å². The first-order chi connectivity index (χ1) is 5.25. The molecule has 0 aliphatic carbocycles. The van der Waals surface area contributed by atoms with E-state index in [1.807, 2.05) is 18.4 Å². The molecule has 0 aliphatic rings. The maximum Gasteiger partial charge on any atom is 0.0912 e. The second-order valence-corrected chi connectivity index (χ2v) is 3.50. The topological polar surface area (TPSA) is 26.0 Å². The SMILES string of the molecule is Cc1ccsc1[C@@H](N)CCF.Cl. The summed E-state index contributed by atoms with van der Waals surface area (Å²) >= 11 is 1.61. The molecule has 12 heavy (non-hydrogen) atoms.